The third kappa shape index (κ3) is 3.61. The number of rotatable bonds is 5. The Morgan fingerprint density at radius 1 is 1.37 bits per heavy atom. The molecule has 0 bridgehead atoms. The summed E-state index contributed by atoms with van der Waals surface area (Å²) in [5, 5.41) is 2.88. The zero-order valence-electron chi connectivity index (χ0n) is 11.3. The van der Waals surface area contributed by atoms with E-state index in [-0.39, 0.29) is 18.6 Å². The zero-order chi connectivity index (χ0) is 13.7. The van der Waals surface area contributed by atoms with Gasteiger partial charge in [-0.05, 0) is 31.5 Å². The van der Waals surface area contributed by atoms with Crippen LogP contribution in [0.5, 0.6) is 11.5 Å². The number of nitrogens with one attached hydrogen (secondary N) is 1. The monoisotopic (exact) mass is 265 g/mol. The largest absolute Gasteiger partial charge is 0.486 e. The van der Waals surface area contributed by atoms with Crippen molar-refractivity contribution in [1.29, 1.82) is 0 Å². The number of hydrogen-bond donors (Lipinski definition) is 1. The summed E-state index contributed by atoms with van der Waals surface area (Å²) in [7, 11) is 0. The minimum atomic E-state index is -0.121. The molecule has 0 unspecified atom stereocenters. The van der Waals surface area contributed by atoms with Crippen molar-refractivity contribution in [1.82, 2.24) is 5.32 Å². The summed E-state index contributed by atoms with van der Waals surface area (Å²) in [6, 6.07) is 5.61. The second-order valence-corrected chi connectivity index (χ2v) is 4.33. The van der Waals surface area contributed by atoms with E-state index >= 15 is 0 Å². The van der Waals surface area contributed by atoms with E-state index < -0.39 is 0 Å². The second-order valence-electron chi connectivity index (χ2n) is 4.33. The van der Waals surface area contributed by atoms with Crippen molar-refractivity contribution in [3.63, 3.8) is 0 Å². The zero-order valence-corrected chi connectivity index (χ0v) is 11.3. The van der Waals surface area contributed by atoms with Crippen LogP contribution in [0.2, 0.25) is 0 Å². The molecular weight excluding hydrogens is 246 g/mol. The van der Waals surface area contributed by atoms with Crippen LogP contribution in [0.4, 0.5) is 0 Å². The molecule has 0 saturated carbocycles. The molecule has 0 aromatic heterocycles. The van der Waals surface area contributed by atoms with Gasteiger partial charge < -0.3 is 19.5 Å². The van der Waals surface area contributed by atoms with Gasteiger partial charge in [0.15, 0.2) is 11.5 Å². The van der Waals surface area contributed by atoms with E-state index in [1.54, 1.807) is 0 Å². The minimum absolute atomic E-state index is 0.0887. The fourth-order valence-electron chi connectivity index (χ4n) is 1.89. The molecule has 0 fully saturated rings. The molecule has 104 valence electrons. The summed E-state index contributed by atoms with van der Waals surface area (Å²) in [6.45, 7) is 5.54. The Balaban J connectivity index is 1.99. The molecule has 5 heteroatoms. The Hall–Kier alpha value is -1.75. The van der Waals surface area contributed by atoms with E-state index in [1.807, 2.05) is 32.0 Å². The topological polar surface area (TPSA) is 56.8 Å². The molecule has 1 aromatic carbocycles. The number of hydrogen-bond acceptors (Lipinski definition) is 4. The van der Waals surface area contributed by atoms with Gasteiger partial charge in [-0.3, -0.25) is 4.79 Å². The molecule has 1 atom stereocenters. The van der Waals surface area contributed by atoms with Crippen LogP contribution in [0.25, 0.3) is 0 Å². The number of carbonyl (C=O) groups excluding carboxylic acids is 1. The number of fused-ring (bicyclic) bond motifs is 1. The maximum atomic E-state index is 11.6. The quantitative estimate of drug-likeness (QED) is 0.880. The van der Waals surface area contributed by atoms with Crippen LogP contribution >= 0.6 is 0 Å². The maximum absolute atomic E-state index is 11.6. The summed E-state index contributed by atoms with van der Waals surface area (Å²) < 4.78 is 16.0. The van der Waals surface area contributed by atoms with Crippen molar-refractivity contribution in [2.45, 2.75) is 19.9 Å². The summed E-state index contributed by atoms with van der Waals surface area (Å²) in [5.41, 5.74) is 0.981. The molecule has 0 aliphatic carbocycles. The van der Waals surface area contributed by atoms with Gasteiger partial charge >= 0.3 is 0 Å². The molecule has 1 aliphatic heterocycles. The van der Waals surface area contributed by atoms with Gasteiger partial charge in [0.2, 0.25) is 5.91 Å². The summed E-state index contributed by atoms with van der Waals surface area (Å²) in [6.07, 6.45) is 0. The van der Waals surface area contributed by atoms with Gasteiger partial charge in [-0.15, -0.1) is 0 Å². The number of benzene rings is 1. The first-order valence-corrected chi connectivity index (χ1v) is 6.47. The van der Waals surface area contributed by atoms with E-state index in [4.69, 9.17) is 14.2 Å². The first-order valence-electron chi connectivity index (χ1n) is 6.47. The van der Waals surface area contributed by atoms with Crippen LogP contribution < -0.4 is 14.8 Å². The van der Waals surface area contributed by atoms with E-state index in [1.165, 1.54) is 0 Å². The van der Waals surface area contributed by atoms with Crippen molar-refractivity contribution in [3.05, 3.63) is 23.8 Å². The maximum Gasteiger partial charge on any atom is 0.246 e. The first-order chi connectivity index (χ1) is 9.20. The average Bonchev–Trinajstić information content (AvgIpc) is 2.44. The van der Waals surface area contributed by atoms with Crippen LogP contribution in [0.1, 0.15) is 25.5 Å². The van der Waals surface area contributed by atoms with Gasteiger partial charge in [-0.1, -0.05) is 6.07 Å². The first kappa shape index (κ1) is 13.7. The van der Waals surface area contributed by atoms with Crippen molar-refractivity contribution < 1.29 is 19.0 Å². The van der Waals surface area contributed by atoms with E-state index in [2.05, 4.69) is 5.32 Å². The van der Waals surface area contributed by atoms with Gasteiger partial charge in [-0.25, -0.2) is 0 Å². The fraction of sp³-hybridized carbons (Fsp3) is 0.500. The van der Waals surface area contributed by atoms with E-state index in [0.717, 1.165) is 17.1 Å². The third-order valence-corrected chi connectivity index (χ3v) is 2.88. The molecule has 2 rings (SSSR count). The highest BCUT2D eigenvalue weighted by atomic mass is 16.6. The fourth-order valence-corrected chi connectivity index (χ4v) is 1.89. The molecule has 1 heterocycles. The Bertz CT molecular complexity index is 447. The third-order valence-electron chi connectivity index (χ3n) is 2.88. The van der Waals surface area contributed by atoms with Gasteiger partial charge in [0.1, 0.15) is 19.8 Å². The van der Waals surface area contributed by atoms with Crippen LogP contribution in [-0.4, -0.2) is 32.3 Å². The van der Waals surface area contributed by atoms with Crippen LogP contribution in [-0.2, 0) is 9.53 Å². The molecule has 1 aromatic rings. The summed E-state index contributed by atoms with van der Waals surface area (Å²) >= 11 is 0. The molecule has 1 aliphatic rings. The van der Waals surface area contributed by atoms with Gasteiger partial charge in [-0.2, -0.15) is 0 Å². The Labute approximate surface area is 112 Å². The molecule has 1 amide bonds. The van der Waals surface area contributed by atoms with Crippen molar-refractivity contribution in [2.75, 3.05) is 26.4 Å². The second kappa shape index (κ2) is 6.43. The highest BCUT2D eigenvalue weighted by Crippen LogP contribution is 2.32. The van der Waals surface area contributed by atoms with Crippen molar-refractivity contribution >= 4 is 5.91 Å². The number of carbonyl (C=O) groups is 1. The lowest BCUT2D eigenvalue weighted by atomic mass is 10.1. The smallest absolute Gasteiger partial charge is 0.246 e. The predicted octanol–water partition coefficient (Wildman–Crippen LogP) is 1.67. The molecule has 5 nitrogen and oxygen atoms in total. The van der Waals surface area contributed by atoms with Gasteiger partial charge in [0.25, 0.3) is 0 Å². The predicted molar refractivity (Wildman–Crippen MR) is 70.5 cm³/mol. The lowest BCUT2D eigenvalue weighted by molar-refractivity contribution is -0.126. The lowest BCUT2D eigenvalue weighted by Gasteiger charge is -2.21. The summed E-state index contributed by atoms with van der Waals surface area (Å²) in [4.78, 5) is 11.6. The van der Waals surface area contributed by atoms with Crippen LogP contribution in [0.3, 0.4) is 0 Å². The highest BCUT2D eigenvalue weighted by Gasteiger charge is 2.15. The van der Waals surface area contributed by atoms with Crippen molar-refractivity contribution in [2.24, 2.45) is 0 Å². The molecule has 0 radical (unpaired) electrons. The molecule has 0 saturated heterocycles. The summed E-state index contributed by atoms with van der Waals surface area (Å²) in [5.74, 6) is 1.36. The molecule has 1 N–H and O–H groups in total. The molecular formula is C14H19NO4. The van der Waals surface area contributed by atoms with E-state index in [0.29, 0.717) is 19.8 Å². The van der Waals surface area contributed by atoms with Gasteiger partial charge in [0.05, 0.1) is 6.04 Å². The lowest BCUT2D eigenvalue weighted by Crippen LogP contribution is -2.30. The number of ether oxygens (including phenoxy) is 3. The minimum Gasteiger partial charge on any atom is -0.486 e. The Morgan fingerprint density at radius 3 is 2.84 bits per heavy atom. The van der Waals surface area contributed by atoms with Crippen LogP contribution in [0.15, 0.2) is 18.2 Å². The SMILES string of the molecule is CCOCC(=O)N[C@@H](C)c1ccc2c(c1)OCCO2. The molecule has 0 spiro atoms. The Kier molecular flexibility index (Phi) is 4.63. The Morgan fingerprint density at radius 2 is 2.11 bits per heavy atom. The number of amides is 1. The standard InChI is InChI=1S/C14H19NO4/c1-3-17-9-14(16)15-10(2)11-4-5-12-13(8-11)19-7-6-18-12/h4-5,8,10H,3,6-7,9H2,1-2H3,(H,15,16)/t10-/m0/s1. The normalized spacial score (nSPS) is 14.8. The van der Waals surface area contributed by atoms with Gasteiger partial charge in [0, 0.05) is 6.61 Å². The average molecular weight is 265 g/mol. The molecule has 19 heavy (non-hydrogen) atoms. The van der Waals surface area contributed by atoms with Crippen molar-refractivity contribution in [3.8, 4) is 11.5 Å². The van der Waals surface area contributed by atoms with Crippen LogP contribution in [0, 0.1) is 0 Å². The highest BCUT2D eigenvalue weighted by molar-refractivity contribution is 5.77. The van der Waals surface area contributed by atoms with E-state index in [9.17, 15) is 4.79 Å².